The van der Waals surface area contributed by atoms with Gasteiger partial charge in [0.1, 0.15) is 5.70 Å². The number of nitro benzene ring substituents is 1. The number of nitrogens with zero attached hydrogens (tertiary/aromatic N) is 3. The Balaban J connectivity index is 1.56. The maximum Gasteiger partial charge on any atom is 0.328 e. The minimum atomic E-state index is -0.434. The molecule has 4 rings (SSSR count). The van der Waals surface area contributed by atoms with Crippen LogP contribution >= 0.6 is 11.8 Å². The number of hydrogen-bond donors (Lipinski definition) is 1. The number of nitro groups is 1. The number of nitrogens with one attached hydrogen (secondary N) is 1. The standard InChI is InChI=1S/C23H20N4O4S/c1-14-12-16(13-21-22(28)25(3)23(29)24-21)15(2)26(14)17-4-8-19(9-5-17)32-20-10-6-18(7-11-20)27(30)31/h4-13H,1-3H3,(H,24,29)/b21-13+. The average molecular weight is 449 g/mol. The molecule has 1 aliphatic rings. The van der Waals surface area contributed by atoms with Gasteiger partial charge in [0.15, 0.2) is 0 Å². The van der Waals surface area contributed by atoms with E-state index in [9.17, 15) is 19.7 Å². The van der Waals surface area contributed by atoms with Crippen molar-refractivity contribution in [3.05, 3.63) is 87.4 Å². The van der Waals surface area contributed by atoms with Crippen molar-refractivity contribution in [1.82, 2.24) is 14.8 Å². The Hall–Kier alpha value is -3.85. The molecule has 0 aliphatic carbocycles. The molecule has 1 N–H and O–H groups in total. The molecule has 3 aromatic rings. The summed E-state index contributed by atoms with van der Waals surface area (Å²) in [5.41, 5.74) is 4.09. The van der Waals surface area contributed by atoms with Gasteiger partial charge in [0.25, 0.3) is 11.6 Å². The predicted octanol–water partition coefficient (Wildman–Crippen LogP) is 4.68. The van der Waals surface area contributed by atoms with Crippen molar-refractivity contribution < 1.29 is 14.5 Å². The number of likely N-dealkylation sites (N-methyl/N-ethyl adjacent to an activating group) is 1. The Morgan fingerprint density at radius 2 is 1.59 bits per heavy atom. The molecule has 0 unspecified atom stereocenters. The molecule has 0 spiro atoms. The van der Waals surface area contributed by atoms with E-state index in [-0.39, 0.29) is 17.3 Å². The molecule has 1 aliphatic heterocycles. The lowest BCUT2D eigenvalue weighted by Crippen LogP contribution is -2.25. The molecule has 1 saturated heterocycles. The van der Waals surface area contributed by atoms with Crippen LogP contribution < -0.4 is 5.32 Å². The van der Waals surface area contributed by atoms with Crippen LogP contribution in [0, 0.1) is 24.0 Å². The van der Waals surface area contributed by atoms with Crippen molar-refractivity contribution in [3.8, 4) is 5.69 Å². The fourth-order valence-electron chi connectivity index (χ4n) is 3.55. The van der Waals surface area contributed by atoms with Gasteiger partial charge in [0.2, 0.25) is 0 Å². The Labute approximate surface area is 188 Å². The van der Waals surface area contributed by atoms with E-state index in [1.54, 1.807) is 18.2 Å². The van der Waals surface area contributed by atoms with E-state index < -0.39 is 11.0 Å². The van der Waals surface area contributed by atoms with Gasteiger partial charge in [-0.15, -0.1) is 0 Å². The first-order chi connectivity index (χ1) is 15.2. The predicted molar refractivity (Wildman–Crippen MR) is 122 cm³/mol. The summed E-state index contributed by atoms with van der Waals surface area (Å²) >= 11 is 1.52. The minimum absolute atomic E-state index is 0.0690. The van der Waals surface area contributed by atoms with Crippen molar-refractivity contribution in [3.63, 3.8) is 0 Å². The number of hydrogen-bond acceptors (Lipinski definition) is 5. The van der Waals surface area contributed by atoms with Gasteiger partial charge in [-0.2, -0.15) is 0 Å². The summed E-state index contributed by atoms with van der Waals surface area (Å²) in [4.78, 5) is 37.2. The van der Waals surface area contributed by atoms with E-state index in [0.29, 0.717) is 0 Å². The van der Waals surface area contributed by atoms with E-state index in [0.717, 1.165) is 37.3 Å². The van der Waals surface area contributed by atoms with Crippen LogP contribution in [-0.4, -0.2) is 33.4 Å². The Bertz CT molecular complexity index is 1260. The number of aromatic nitrogens is 1. The maximum atomic E-state index is 12.2. The smallest absolute Gasteiger partial charge is 0.318 e. The van der Waals surface area contributed by atoms with Gasteiger partial charge in [0.05, 0.1) is 4.92 Å². The third-order valence-electron chi connectivity index (χ3n) is 5.23. The summed E-state index contributed by atoms with van der Waals surface area (Å²) in [7, 11) is 1.44. The molecule has 0 saturated carbocycles. The molecule has 0 atom stereocenters. The van der Waals surface area contributed by atoms with Crippen LogP contribution in [0.1, 0.15) is 17.0 Å². The van der Waals surface area contributed by atoms with Crippen molar-refractivity contribution in [2.75, 3.05) is 7.05 Å². The fraction of sp³-hybridized carbons (Fsp3) is 0.130. The van der Waals surface area contributed by atoms with Crippen molar-refractivity contribution in [2.24, 2.45) is 0 Å². The van der Waals surface area contributed by atoms with Gasteiger partial charge in [0, 0.05) is 46.0 Å². The molecule has 2 heterocycles. The second kappa shape index (κ2) is 8.35. The topological polar surface area (TPSA) is 97.5 Å². The lowest BCUT2D eigenvalue weighted by molar-refractivity contribution is -0.384. The Morgan fingerprint density at radius 3 is 2.12 bits per heavy atom. The van der Waals surface area contributed by atoms with Crippen LogP contribution in [0.5, 0.6) is 0 Å². The molecule has 1 fully saturated rings. The molecule has 1 aromatic heterocycles. The summed E-state index contributed by atoms with van der Waals surface area (Å²) in [6.45, 7) is 3.94. The highest BCUT2D eigenvalue weighted by Gasteiger charge is 2.30. The summed E-state index contributed by atoms with van der Waals surface area (Å²) in [5, 5.41) is 13.4. The van der Waals surface area contributed by atoms with Crippen LogP contribution in [0.25, 0.3) is 11.8 Å². The zero-order chi connectivity index (χ0) is 23.0. The molecule has 32 heavy (non-hydrogen) atoms. The first-order valence-electron chi connectivity index (χ1n) is 9.77. The van der Waals surface area contributed by atoms with Crippen LogP contribution in [0.2, 0.25) is 0 Å². The molecule has 162 valence electrons. The van der Waals surface area contributed by atoms with E-state index >= 15 is 0 Å². The zero-order valence-corrected chi connectivity index (χ0v) is 18.5. The zero-order valence-electron chi connectivity index (χ0n) is 17.7. The quantitative estimate of drug-likeness (QED) is 0.265. The molecular formula is C23H20N4O4S. The van der Waals surface area contributed by atoms with Gasteiger partial charge in [-0.1, -0.05) is 11.8 Å². The van der Waals surface area contributed by atoms with Gasteiger partial charge < -0.3 is 9.88 Å². The van der Waals surface area contributed by atoms with E-state index in [2.05, 4.69) is 9.88 Å². The highest BCUT2D eigenvalue weighted by atomic mass is 32.2. The fourth-order valence-corrected chi connectivity index (χ4v) is 4.36. The summed E-state index contributed by atoms with van der Waals surface area (Å²) < 4.78 is 2.08. The molecule has 0 bridgehead atoms. The minimum Gasteiger partial charge on any atom is -0.318 e. The van der Waals surface area contributed by atoms with Crippen molar-refractivity contribution in [1.29, 1.82) is 0 Å². The first-order valence-corrected chi connectivity index (χ1v) is 10.6. The SMILES string of the molecule is Cc1cc(/C=C2/NC(=O)N(C)C2=O)c(C)n1-c1ccc(Sc2ccc([N+](=O)[O-])cc2)cc1. The molecule has 3 amide bonds. The summed E-state index contributed by atoms with van der Waals surface area (Å²) in [6.07, 6.45) is 1.70. The maximum absolute atomic E-state index is 12.2. The number of benzene rings is 2. The Kier molecular flexibility index (Phi) is 5.58. The Morgan fingerprint density at radius 1 is 1.00 bits per heavy atom. The van der Waals surface area contributed by atoms with Crippen molar-refractivity contribution >= 4 is 35.5 Å². The van der Waals surface area contributed by atoms with Crippen LogP contribution in [0.4, 0.5) is 10.5 Å². The number of non-ortho nitro benzene ring substituents is 1. The van der Waals surface area contributed by atoms with Gasteiger partial charge in [-0.05, 0) is 68.0 Å². The molecule has 0 radical (unpaired) electrons. The van der Waals surface area contributed by atoms with Crippen molar-refractivity contribution in [2.45, 2.75) is 23.6 Å². The van der Waals surface area contributed by atoms with E-state index in [1.165, 1.54) is 30.9 Å². The highest BCUT2D eigenvalue weighted by molar-refractivity contribution is 7.99. The van der Waals surface area contributed by atoms with Crippen LogP contribution in [0.3, 0.4) is 0 Å². The molecule has 8 nitrogen and oxygen atoms in total. The lowest BCUT2D eigenvalue weighted by atomic mass is 10.2. The van der Waals surface area contributed by atoms with Crippen LogP contribution in [-0.2, 0) is 4.79 Å². The number of carbonyl (C=O) groups is 2. The third kappa shape index (κ3) is 4.02. The third-order valence-corrected chi connectivity index (χ3v) is 6.25. The van der Waals surface area contributed by atoms with Gasteiger partial charge in [-0.3, -0.25) is 19.8 Å². The van der Waals surface area contributed by atoms with Gasteiger partial charge >= 0.3 is 6.03 Å². The second-order valence-electron chi connectivity index (χ2n) is 7.36. The number of amides is 3. The largest absolute Gasteiger partial charge is 0.328 e. The van der Waals surface area contributed by atoms with Gasteiger partial charge in [-0.25, -0.2) is 4.79 Å². The number of carbonyl (C=O) groups excluding carboxylic acids is 2. The highest BCUT2D eigenvalue weighted by Crippen LogP contribution is 2.31. The number of urea groups is 1. The normalized spacial score (nSPS) is 14.8. The molecular weight excluding hydrogens is 428 g/mol. The summed E-state index contributed by atoms with van der Waals surface area (Å²) in [5.74, 6) is -0.354. The summed E-state index contributed by atoms with van der Waals surface area (Å²) in [6, 6.07) is 16.0. The lowest BCUT2D eigenvalue weighted by Gasteiger charge is -2.11. The average Bonchev–Trinajstić information content (AvgIpc) is 3.18. The monoisotopic (exact) mass is 448 g/mol. The molecule has 9 heteroatoms. The number of rotatable bonds is 5. The van der Waals surface area contributed by atoms with E-state index in [4.69, 9.17) is 0 Å². The second-order valence-corrected chi connectivity index (χ2v) is 8.51. The van der Waals surface area contributed by atoms with E-state index in [1.807, 2.05) is 44.2 Å². The molecule has 2 aromatic carbocycles. The number of aryl methyl sites for hydroxylation is 1. The van der Waals surface area contributed by atoms with Crippen LogP contribution in [0.15, 0.2) is 70.1 Å². The first kappa shape index (κ1) is 21.4. The number of imide groups is 1.